The molecule has 1 amide bonds. The van der Waals surface area contributed by atoms with E-state index in [-0.39, 0.29) is 25.0 Å². The SMILES string of the molecule is Cc1ccc(CC(=O)Cc2nc(CC(=O)NCC(=O)O)cs2)c(OCC(C)C)c1. The van der Waals surface area contributed by atoms with Crippen LogP contribution in [0.1, 0.15) is 35.7 Å². The van der Waals surface area contributed by atoms with Crippen LogP contribution in [-0.4, -0.2) is 40.9 Å². The first kappa shape index (κ1) is 22.5. The number of thiazole rings is 1. The Kier molecular flexibility index (Phi) is 8.33. The Hall–Kier alpha value is -2.74. The van der Waals surface area contributed by atoms with Crippen molar-refractivity contribution in [3.63, 3.8) is 0 Å². The minimum atomic E-state index is -1.10. The predicted octanol–water partition coefficient (Wildman–Crippen LogP) is 2.58. The number of aryl methyl sites for hydroxylation is 1. The summed E-state index contributed by atoms with van der Waals surface area (Å²) < 4.78 is 5.87. The third-order valence-electron chi connectivity index (χ3n) is 3.91. The van der Waals surface area contributed by atoms with E-state index in [1.165, 1.54) is 11.3 Å². The number of ketones is 1. The van der Waals surface area contributed by atoms with Crippen LogP contribution in [0.4, 0.5) is 0 Å². The molecular weight excluding hydrogens is 392 g/mol. The van der Waals surface area contributed by atoms with E-state index in [1.807, 2.05) is 25.1 Å². The van der Waals surface area contributed by atoms with Crippen molar-refractivity contribution in [3.8, 4) is 5.75 Å². The first-order chi connectivity index (χ1) is 13.7. The molecular formula is C21H26N2O5S. The van der Waals surface area contributed by atoms with Gasteiger partial charge in [-0.3, -0.25) is 14.4 Å². The molecule has 0 aliphatic carbocycles. The largest absolute Gasteiger partial charge is 0.493 e. The summed E-state index contributed by atoms with van der Waals surface area (Å²) in [5.74, 6) is -0.375. The number of nitrogens with one attached hydrogen (secondary N) is 1. The minimum Gasteiger partial charge on any atom is -0.493 e. The standard InChI is InChI=1S/C21H26N2O5S/c1-13(2)11-28-18-6-14(3)4-5-15(18)7-17(24)9-20-23-16(12-29-20)8-19(25)22-10-21(26)27/h4-6,12-13H,7-11H2,1-3H3,(H,22,25)(H,26,27). The Morgan fingerprint density at radius 2 is 1.97 bits per heavy atom. The molecule has 0 saturated heterocycles. The molecule has 156 valence electrons. The van der Waals surface area contributed by atoms with Crippen molar-refractivity contribution in [1.82, 2.24) is 10.3 Å². The van der Waals surface area contributed by atoms with E-state index in [0.29, 0.717) is 23.2 Å². The predicted molar refractivity (Wildman–Crippen MR) is 110 cm³/mol. The van der Waals surface area contributed by atoms with Gasteiger partial charge in [0.15, 0.2) is 0 Å². The summed E-state index contributed by atoms with van der Waals surface area (Å²) in [5.41, 5.74) is 2.45. The Morgan fingerprint density at radius 1 is 1.21 bits per heavy atom. The number of carbonyl (C=O) groups is 3. The van der Waals surface area contributed by atoms with Crippen LogP contribution in [0, 0.1) is 12.8 Å². The molecule has 0 fully saturated rings. The van der Waals surface area contributed by atoms with Gasteiger partial charge in [-0.2, -0.15) is 0 Å². The molecule has 0 radical (unpaired) electrons. The van der Waals surface area contributed by atoms with E-state index in [9.17, 15) is 14.4 Å². The van der Waals surface area contributed by atoms with Gasteiger partial charge in [0, 0.05) is 17.4 Å². The molecule has 0 spiro atoms. The van der Waals surface area contributed by atoms with Crippen LogP contribution >= 0.6 is 11.3 Å². The second-order valence-electron chi connectivity index (χ2n) is 7.29. The van der Waals surface area contributed by atoms with Gasteiger partial charge in [0.1, 0.15) is 23.1 Å². The lowest BCUT2D eigenvalue weighted by Gasteiger charge is -2.13. The van der Waals surface area contributed by atoms with Crippen LogP contribution in [-0.2, 0) is 33.6 Å². The van der Waals surface area contributed by atoms with Crippen molar-refractivity contribution in [2.75, 3.05) is 13.2 Å². The quantitative estimate of drug-likeness (QED) is 0.581. The first-order valence-corrected chi connectivity index (χ1v) is 10.3. The van der Waals surface area contributed by atoms with Gasteiger partial charge in [-0.05, 0) is 24.5 Å². The number of aliphatic carboxylic acids is 1. The summed E-state index contributed by atoms with van der Waals surface area (Å²) in [4.78, 5) is 39.0. The van der Waals surface area contributed by atoms with Gasteiger partial charge in [0.05, 0.1) is 25.1 Å². The number of rotatable bonds is 11. The van der Waals surface area contributed by atoms with E-state index in [0.717, 1.165) is 16.9 Å². The van der Waals surface area contributed by atoms with Crippen LogP contribution in [0.15, 0.2) is 23.6 Å². The summed E-state index contributed by atoms with van der Waals surface area (Å²) in [7, 11) is 0. The van der Waals surface area contributed by atoms with Crippen LogP contribution in [0.25, 0.3) is 0 Å². The lowest BCUT2D eigenvalue weighted by Crippen LogP contribution is -2.30. The molecule has 2 aromatic rings. The highest BCUT2D eigenvalue weighted by atomic mass is 32.1. The number of amides is 1. The van der Waals surface area contributed by atoms with E-state index < -0.39 is 18.4 Å². The normalized spacial score (nSPS) is 10.8. The molecule has 1 heterocycles. The summed E-state index contributed by atoms with van der Waals surface area (Å²) in [6.07, 6.45) is 0.420. The van der Waals surface area contributed by atoms with Gasteiger partial charge in [-0.15, -0.1) is 11.3 Å². The molecule has 0 atom stereocenters. The van der Waals surface area contributed by atoms with Crippen molar-refractivity contribution in [2.45, 2.75) is 40.0 Å². The summed E-state index contributed by atoms with van der Waals surface area (Å²) in [5, 5.41) is 13.2. The van der Waals surface area contributed by atoms with Gasteiger partial charge >= 0.3 is 5.97 Å². The molecule has 0 bridgehead atoms. The van der Waals surface area contributed by atoms with Gasteiger partial charge in [-0.1, -0.05) is 26.0 Å². The number of hydrogen-bond acceptors (Lipinski definition) is 6. The molecule has 2 N–H and O–H groups in total. The number of Topliss-reactive ketones (excluding diaryl/α,β-unsaturated/α-hetero) is 1. The third-order valence-corrected chi connectivity index (χ3v) is 4.81. The van der Waals surface area contributed by atoms with E-state index in [1.54, 1.807) is 5.38 Å². The maximum atomic E-state index is 12.5. The van der Waals surface area contributed by atoms with Crippen LogP contribution in [0.2, 0.25) is 0 Å². The maximum Gasteiger partial charge on any atom is 0.322 e. The van der Waals surface area contributed by atoms with Crippen LogP contribution in [0.3, 0.4) is 0 Å². The fraction of sp³-hybridized carbons (Fsp3) is 0.429. The molecule has 7 nitrogen and oxygen atoms in total. The number of carboxylic acids is 1. The highest BCUT2D eigenvalue weighted by Crippen LogP contribution is 2.23. The lowest BCUT2D eigenvalue weighted by molar-refractivity contribution is -0.137. The molecule has 1 aromatic carbocycles. The highest BCUT2D eigenvalue weighted by Gasteiger charge is 2.14. The zero-order chi connectivity index (χ0) is 21.4. The van der Waals surface area contributed by atoms with Crippen molar-refractivity contribution in [3.05, 3.63) is 45.4 Å². The Labute approximate surface area is 174 Å². The third kappa shape index (κ3) is 8.03. The van der Waals surface area contributed by atoms with E-state index in [4.69, 9.17) is 9.84 Å². The molecule has 29 heavy (non-hydrogen) atoms. The molecule has 0 aliphatic rings. The highest BCUT2D eigenvalue weighted by molar-refractivity contribution is 7.09. The van der Waals surface area contributed by atoms with Crippen molar-refractivity contribution < 1.29 is 24.2 Å². The molecule has 2 rings (SSSR count). The van der Waals surface area contributed by atoms with Crippen LogP contribution < -0.4 is 10.1 Å². The molecule has 0 unspecified atom stereocenters. The van der Waals surface area contributed by atoms with Crippen molar-refractivity contribution in [1.29, 1.82) is 0 Å². The monoisotopic (exact) mass is 418 g/mol. The van der Waals surface area contributed by atoms with Crippen LogP contribution in [0.5, 0.6) is 5.75 Å². The van der Waals surface area contributed by atoms with E-state index in [2.05, 4.69) is 24.1 Å². The summed E-state index contributed by atoms with van der Waals surface area (Å²) in [6, 6.07) is 5.83. The molecule has 1 aromatic heterocycles. The number of nitrogens with zero attached hydrogens (tertiary/aromatic N) is 1. The van der Waals surface area contributed by atoms with Gasteiger partial charge in [0.25, 0.3) is 0 Å². The van der Waals surface area contributed by atoms with Crippen molar-refractivity contribution in [2.24, 2.45) is 5.92 Å². The number of hydrogen-bond donors (Lipinski definition) is 2. The van der Waals surface area contributed by atoms with E-state index >= 15 is 0 Å². The Balaban J connectivity index is 1.94. The average Bonchev–Trinajstić information content (AvgIpc) is 3.06. The lowest BCUT2D eigenvalue weighted by atomic mass is 10.0. The van der Waals surface area contributed by atoms with Crippen molar-refractivity contribution >= 4 is 29.0 Å². The number of ether oxygens (including phenoxy) is 1. The second-order valence-corrected chi connectivity index (χ2v) is 8.23. The fourth-order valence-corrected chi connectivity index (χ4v) is 3.38. The fourth-order valence-electron chi connectivity index (χ4n) is 2.55. The number of carboxylic acid groups (broad SMARTS) is 1. The Morgan fingerprint density at radius 3 is 2.66 bits per heavy atom. The molecule has 0 aliphatic heterocycles. The maximum absolute atomic E-state index is 12.5. The minimum absolute atomic E-state index is 0.0108. The topological polar surface area (TPSA) is 106 Å². The Bertz CT molecular complexity index is 876. The smallest absolute Gasteiger partial charge is 0.322 e. The van der Waals surface area contributed by atoms with Gasteiger partial charge in [0.2, 0.25) is 5.91 Å². The van der Waals surface area contributed by atoms with Gasteiger partial charge < -0.3 is 15.2 Å². The summed E-state index contributed by atoms with van der Waals surface area (Å²) >= 11 is 1.32. The molecule has 0 saturated carbocycles. The number of aromatic nitrogens is 1. The second kappa shape index (κ2) is 10.7. The zero-order valence-electron chi connectivity index (χ0n) is 16.9. The summed E-state index contributed by atoms with van der Waals surface area (Å²) in [6.45, 7) is 6.29. The number of benzene rings is 1. The van der Waals surface area contributed by atoms with Gasteiger partial charge in [-0.25, -0.2) is 4.98 Å². The average molecular weight is 419 g/mol. The first-order valence-electron chi connectivity index (χ1n) is 9.38. The zero-order valence-corrected chi connectivity index (χ0v) is 17.7. The molecule has 8 heteroatoms. The number of carbonyl (C=O) groups excluding carboxylic acids is 2.